The van der Waals surface area contributed by atoms with Crippen molar-refractivity contribution in [1.29, 1.82) is 0 Å². The van der Waals surface area contributed by atoms with E-state index < -0.39 is 0 Å². The molecule has 0 aliphatic carbocycles. The number of nitrogens with zero attached hydrogens (tertiary/aromatic N) is 2. The summed E-state index contributed by atoms with van der Waals surface area (Å²) < 4.78 is 0. The predicted molar refractivity (Wildman–Crippen MR) is 126 cm³/mol. The van der Waals surface area contributed by atoms with Gasteiger partial charge in [-0.15, -0.1) is 13.2 Å². The number of allylic oxidation sites excluding steroid dienone is 3. The first-order valence-corrected chi connectivity index (χ1v) is 9.24. The molecule has 0 unspecified atom stereocenters. The van der Waals surface area contributed by atoms with Crippen LogP contribution < -0.4 is 0 Å². The molecule has 0 heterocycles. The van der Waals surface area contributed by atoms with E-state index in [4.69, 9.17) is 6.42 Å². The van der Waals surface area contributed by atoms with Crippen LogP contribution in [0.3, 0.4) is 0 Å². The third-order valence-corrected chi connectivity index (χ3v) is 1.11. The van der Waals surface area contributed by atoms with Crippen LogP contribution in [0.4, 0.5) is 0 Å². The van der Waals surface area contributed by atoms with E-state index in [1.165, 1.54) is 4.90 Å². The van der Waals surface area contributed by atoms with Gasteiger partial charge in [0.05, 0.1) is 0 Å². The molecule has 0 aromatic rings. The van der Waals surface area contributed by atoms with Crippen LogP contribution in [0.1, 0.15) is 76.2 Å². The standard InChI is InChI=1S/C9H12N2.2C3H6.4C2H6/c1-5-8-9(10-4)11(6-2)7-3;2*1-3-2;4*1-2/h2,5,7-8H,3H2,1,4H3;2*3H,1H2,2H3;4*1-2H3/b8-5-,10-9?;;;;;;. The Labute approximate surface area is 162 Å². The zero-order chi connectivity index (χ0) is 22.1. The monoisotopic (exact) mass is 352 g/mol. The van der Waals surface area contributed by atoms with E-state index in [1.54, 1.807) is 25.4 Å². The first kappa shape index (κ1) is 43.5. The van der Waals surface area contributed by atoms with E-state index in [-0.39, 0.29) is 0 Å². The molecule has 0 radical (unpaired) electrons. The van der Waals surface area contributed by atoms with Crippen molar-refractivity contribution in [2.45, 2.75) is 76.2 Å². The molecule has 0 spiro atoms. The molecule has 0 N–H and O–H groups in total. The summed E-state index contributed by atoms with van der Waals surface area (Å²) in [5.41, 5.74) is 0. The van der Waals surface area contributed by atoms with E-state index in [1.807, 2.05) is 88.3 Å². The van der Waals surface area contributed by atoms with E-state index in [0.29, 0.717) is 5.84 Å². The molecule has 150 valence electrons. The first-order valence-electron chi connectivity index (χ1n) is 9.24. The first-order chi connectivity index (χ1) is 12.1. The molecule has 0 saturated heterocycles. The van der Waals surface area contributed by atoms with Crippen molar-refractivity contribution >= 4 is 5.84 Å². The van der Waals surface area contributed by atoms with Crippen molar-refractivity contribution in [2.75, 3.05) is 7.05 Å². The highest BCUT2D eigenvalue weighted by Crippen LogP contribution is 1.91. The molecule has 0 bridgehead atoms. The predicted octanol–water partition coefficient (Wildman–Crippen LogP) is 8.12. The highest BCUT2D eigenvalue weighted by atomic mass is 15.1. The third kappa shape index (κ3) is 72.8. The maximum atomic E-state index is 5.18. The summed E-state index contributed by atoms with van der Waals surface area (Å²) in [6.45, 7) is 32.0. The van der Waals surface area contributed by atoms with Gasteiger partial charge in [-0.3, -0.25) is 9.89 Å². The Morgan fingerprint density at radius 3 is 1.24 bits per heavy atom. The van der Waals surface area contributed by atoms with Crippen molar-refractivity contribution in [1.82, 2.24) is 4.90 Å². The lowest BCUT2D eigenvalue weighted by molar-refractivity contribution is 0.808. The Hall–Kier alpha value is -2.01. The summed E-state index contributed by atoms with van der Waals surface area (Å²) in [7, 11) is 1.68. The number of rotatable bonds is 2. The molecule has 0 atom stereocenters. The van der Waals surface area contributed by atoms with Gasteiger partial charge in [0.2, 0.25) is 0 Å². The number of terminal acetylenes is 1. The maximum Gasteiger partial charge on any atom is 0.138 e. The van der Waals surface area contributed by atoms with Crippen LogP contribution in [-0.2, 0) is 0 Å². The second-order valence-electron chi connectivity index (χ2n) is 2.58. The molecule has 0 aliphatic rings. The summed E-state index contributed by atoms with van der Waals surface area (Å²) in [5.74, 6) is 0.713. The zero-order valence-corrected chi connectivity index (χ0v) is 19.5. The minimum absolute atomic E-state index is 0.713. The molecular formula is C23H48N2. The van der Waals surface area contributed by atoms with Gasteiger partial charge < -0.3 is 0 Å². The number of amidine groups is 1. The van der Waals surface area contributed by atoms with Crippen molar-refractivity contribution in [3.8, 4) is 12.5 Å². The third-order valence-electron chi connectivity index (χ3n) is 1.11. The van der Waals surface area contributed by atoms with E-state index >= 15 is 0 Å². The zero-order valence-electron chi connectivity index (χ0n) is 19.5. The average Bonchev–Trinajstić information content (AvgIpc) is 2.69. The van der Waals surface area contributed by atoms with E-state index in [9.17, 15) is 0 Å². The minimum Gasteiger partial charge on any atom is -0.271 e. The van der Waals surface area contributed by atoms with E-state index in [0.717, 1.165) is 0 Å². The Morgan fingerprint density at radius 1 is 0.840 bits per heavy atom. The lowest BCUT2D eigenvalue weighted by Crippen LogP contribution is -2.17. The topological polar surface area (TPSA) is 15.6 Å². The fourth-order valence-electron chi connectivity index (χ4n) is 0.624. The molecule has 0 aromatic carbocycles. The normalized spacial score (nSPS) is 6.92. The van der Waals surface area contributed by atoms with Crippen LogP contribution in [0.25, 0.3) is 0 Å². The lowest BCUT2D eigenvalue weighted by atomic mass is 10.4. The van der Waals surface area contributed by atoms with Crippen molar-refractivity contribution < 1.29 is 0 Å². The van der Waals surface area contributed by atoms with Crippen molar-refractivity contribution in [3.63, 3.8) is 0 Å². The van der Waals surface area contributed by atoms with Gasteiger partial charge in [0.25, 0.3) is 0 Å². The van der Waals surface area contributed by atoms with Crippen molar-refractivity contribution in [2.24, 2.45) is 4.99 Å². The quantitative estimate of drug-likeness (QED) is 0.161. The molecule has 0 aromatic heterocycles. The average molecular weight is 353 g/mol. The summed E-state index contributed by atoms with van der Waals surface area (Å²) >= 11 is 0. The summed E-state index contributed by atoms with van der Waals surface area (Å²) in [6, 6.07) is 2.42. The number of aliphatic imine (C=N–C) groups is 1. The largest absolute Gasteiger partial charge is 0.271 e. The van der Waals surface area contributed by atoms with Gasteiger partial charge >= 0.3 is 0 Å². The Kier molecular flexibility index (Phi) is 140. The van der Waals surface area contributed by atoms with Crippen LogP contribution in [0.15, 0.2) is 55.2 Å². The lowest BCUT2D eigenvalue weighted by Gasteiger charge is -2.09. The second kappa shape index (κ2) is 80.2. The molecule has 0 rings (SSSR count). The molecule has 2 nitrogen and oxygen atoms in total. The summed E-state index contributed by atoms with van der Waals surface area (Å²) in [4.78, 5) is 5.48. The Morgan fingerprint density at radius 2 is 1.12 bits per heavy atom. The van der Waals surface area contributed by atoms with Gasteiger partial charge in [0.1, 0.15) is 5.84 Å². The smallest absolute Gasteiger partial charge is 0.138 e. The SMILES string of the molecule is C#CN(C=C)C(/C=C\C)=NC.C=CC.C=CC.CC.CC.CC.CC. The Bertz CT molecular complexity index is 286. The van der Waals surface area contributed by atoms with Gasteiger partial charge in [0.15, 0.2) is 0 Å². The molecule has 0 aliphatic heterocycles. The molecule has 0 saturated carbocycles. The van der Waals surface area contributed by atoms with Gasteiger partial charge in [-0.25, -0.2) is 0 Å². The van der Waals surface area contributed by atoms with Gasteiger partial charge in [-0.2, -0.15) is 0 Å². The molecule has 0 fully saturated rings. The summed E-state index contributed by atoms with van der Waals surface area (Å²) in [5, 5.41) is 0. The van der Waals surface area contributed by atoms with Crippen LogP contribution in [0.2, 0.25) is 0 Å². The van der Waals surface area contributed by atoms with Crippen LogP contribution in [0, 0.1) is 12.5 Å². The highest BCUT2D eigenvalue weighted by Gasteiger charge is 1.97. The Balaban J connectivity index is -0.0000000385. The van der Waals surface area contributed by atoms with E-state index in [2.05, 4.69) is 30.8 Å². The minimum atomic E-state index is 0.713. The van der Waals surface area contributed by atoms with Gasteiger partial charge in [-0.05, 0) is 26.8 Å². The fourth-order valence-corrected chi connectivity index (χ4v) is 0.624. The highest BCUT2D eigenvalue weighted by molar-refractivity contribution is 5.94. The van der Waals surface area contributed by atoms with Crippen molar-refractivity contribution in [3.05, 3.63) is 50.2 Å². The second-order valence-corrected chi connectivity index (χ2v) is 2.58. The molecule has 25 heavy (non-hydrogen) atoms. The van der Waals surface area contributed by atoms with Gasteiger partial charge in [0, 0.05) is 19.3 Å². The molecule has 0 amide bonds. The summed E-state index contributed by atoms with van der Waals surface area (Å²) in [6.07, 6.45) is 13.9. The fraction of sp³-hybridized carbons (Fsp3) is 0.522. The van der Waals surface area contributed by atoms with Crippen LogP contribution >= 0.6 is 0 Å². The maximum absolute atomic E-state index is 5.18. The van der Waals surface area contributed by atoms with Gasteiger partial charge in [-0.1, -0.05) is 86.6 Å². The number of hydrogen-bond donors (Lipinski definition) is 0. The van der Waals surface area contributed by atoms with Crippen LogP contribution in [0.5, 0.6) is 0 Å². The molecule has 2 heteroatoms. The molecular weight excluding hydrogens is 304 g/mol. The van der Waals surface area contributed by atoms with Crippen LogP contribution in [-0.4, -0.2) is 17.8 Å². The number of hydrogen-bond acceptors (Lipinski definition) is 1.